The summed E-state index contributed by atoms with van der Waals surface area (Å²) in [7, 11) is 1.75. The average molecular weight is 607 g/mol. The number of fused-ring (bicyclic) bond motifs is 1. The molecular formula is C26H24ClIN2OS2. The van der Waals surface area contributed by atoms with Crippen LogP contribution in [0.1, 0.15) is 36.1 Å². The van der Waals surface area contributed by atoms with Crippen molar-refractivity contribution >= 4 is 59.7 Å². The van der Waals surface area contributed by atoms with Gasteiger partial charge in [0.15, 0.2) is 0 Å². The van der Waals surface area contributed by atoms with Gasteiger partial charge in [-0.05, 0) is 50.7 Å². The Labute approximate surface area is 221 Å². The third-order valence-corrected chi connectivity index (χ3v) is 10.3. The van der Waals surface area contributed by atoms with Gasteiger partial charge in [0.25, 0.3) is 0 Å². The van der Waals surface area contributed by atoms with Crippen molar-refractivity contribution in [2.45, 2.75) is 35.9 Å². The van der Waals surface area contributed by atoms with E-state index in [9.17, 15) is 4.79 Å². The number of nitrogens with zero attached hydrogens (tertiary/aromatic N) is 2. The molecule has 0 N–H and O–H groups in total. The minimum absolute atomic E-state index is 0.0119. The van der Waals surface area contributed by atoms with Crippen LogP contribution in [0.3, 0.4) is 0 Å². The lowest BCUT2D eigenvalue weighted by molar-refractivity contribution is -0.131. The van der Waals surface area contributed by atoms with Gasteiger partial charge in [-0.25, -0.2) is 8.61 Å². The Kier molecular flexibility index (Phi) is 7.69. The van der Waals surface area contributed by atoms with Crippen molar-refractivity contribution in [3.8, 4) is 0 Å². The van der Waals surface area contributed by atoms with Gasteiger partial charge in [-0.1, -0.05) is 84.4 Å². The summed E-state index contributed by atoms with van der Waals surface area (Å²) >= 11 is 10.6. The maximum absolute atomic E-state index is 13.5. The molecule has 3 aromatic carbocycles. The summed E-state index contributed by atoms with van der Waals surface area (Å²) in [4.78, 5) is 14.5. The van der Waals surface area contributed by atoms with Crippen LogP contribution in [0.15, 0.2) is 89.8 Å². The first-order chi connectivity index (χ1) is 16.2. The standard InChI is InChI=1S/C26H24ClIN2OS2/c27-21-13-7-8-14-26(21)32-29-17-20-24(15-22(29)18-9-3-1-4-10-18)30(33-28)23(16-25(20)31)19-11-5-2-6-12-19/h1-14,20,22-24H,15-17H2/t20-,22+,23+,24+/m1/s1. The number of carbonyl (C=O) groups excluding carboxylic acids is 1. The van der Waals surface area contributed by atoms with Crippen LogP contribution in [0.2, 0.25) is 5.02 Å². The number of Topliss-reactive ketones (excluding diaryl/α,β-unsaturated/α-hetero) is 1. The number of benzene rings is 3. The van der Waals surface area contributed by atoms with Crippen LogP contribution in [0, 0.1) is 5.92 Å². The fourth-order valence-corrected chi connectivity index (χ4v) is 8.66. The first-order valence-electron chi connectivity index (χ1n) is 11.0. The number of halogens is 2. The van der Waals surface area contributed by atoms with Crippen LogP contribution in [0.5, 0.6) is 0 Å². The van der Waals surface area contributed by atoms with Crippen molar-refractivity contribution in [1.82, 2.24) is 8.61 Å². The first kappa shape index (κ1) is 23.7. The van der Waals surface area contributed by atoms with Crippen LogP contribution in [0.4, 0.5) is 0 Å². The third kappa shape index (κ3) is 5.02. The molecule has 0 amide bonds. The van der Waals surface area contributed by atoms with Crippen LogP contribution in [-0.4, -0.2) is 27.0 Å². The molecule has 33 heavy (non-hydrogen) atoms. The fraction of sp³-hybridized carbons (Fsp3) is 0.269. The van der Waals surface area contributed by atoms with Gasteiger partial charge in [0.2, 0.25) is 0 Å². The van der Waals surface area contributed by atoms with Crippen molar-refractivity contribution in [2.24, 2.45) is 5.92 Å². The highest BCUT2D eigenvalue weighted by atomic mass is 127. The molecule has 7 heteroatoms. The van der Waals surface area contributed by atoms with E-state index < -0.39 is 0 Å². The van der Waals surface area contributed by atoms with E-state index in [0.717, 1.165) is 16.3 Å². The Morgan fingerprint density at radius 2 is 1.45 bits per heavy atom. The summed E-state index contributed by atoms with van der Waals surface area (Å²) in [6.45, 7) is 0.716. The molecule has 0 bridgehead atoms. The second kappa shape index (κ2) is 10.7. The van der Waals surface area contributed by atoms with Crippen LogP contribution in [-0.2, 0) is 4.79 Å². The maximum atomic E-state index is 13.5. The van der Waals surface area contributed by atoms with E-state index in [1.165, 1.54) is 11.1 Å². The SMILES string of the molecule is O=C1C[C@@H](c2ccccc2)N(SI)[C@H]2C[C@@H](c3ccccc3)N(Sc3ccccc3Cl)C[C@@H]12. The predicted molar refractivity (Wildman–Crippen MR) is 147 cm³/mol. The smallest absolute Gasteiger partial charge is 0.140 e. The van der Waals surface area contributed by atoms with E-state index in [0.29, 0.717) is 18.7 Å². The van der Waals surface area contributed by atoms with Crippen molar-refractivity contribution in [2.75, 3.05) is 6.54 Å². The summed E-state index contributed by atoms with van der Waals surface area (Å²) in [6.07, 6.45) is 1.46. The van der Waals surface area contributed by atoms with Gasteiger partial charge in [0, 0.05) is 57.1 Å². The largest absolute Gasteiger partial charge is 0.299 e. The molecule has 2 saturated heterocycles. The fourth-order valence-electron chi connectivity index (χ4n) is 4.98. The number of hydrogen-bond donors (Lipinski definition) is 0. The Hall–Kier alpha value is -1.03. The number of carbonyl (C=O) groups is 1. The second-order valence-electron chi connectivity index (χ2n) is 8.48. The molecule has 170 valence electrons. The molecule has 2 fully saturated rings. The molecule has 2 aliphatic heterocycles. The molecule has 0 aliphatic carbocycles. The summed E-state index contributed by atoms with van der Waals surface area (Å²) < 4.78 is 4.86. The molecule has 0 aromatic heterocycles. The molecule has 2 aliphatic rings. The molecule has 0 saturated carbocycles. The van der Waals surface area contributed by atoms with Crippen molar-refractivity contribution in [3.05, 3.63) is 101 Å². The monoisotopic (exact) mass is 606 g/mol. The molecule has 0 spiro atoms. The van der Waals surface area contributed by atoms with Crippen molar-refractivity contribution < 1.29 is 4.79 Å². The predicted octanol–water partition coefficient (Wildman–Crippen LogP) is 7.79. The summed E-state index contributed by atoms with van der Waals surface area (Å²) in [6, 6.07) is 29.6. The van der Waals surface area contributed by atoms with Crippen LogP contribution >= 0.6 is 53.9 Å². The molecule has 0 unspecified atom stereocenters. The van der Waals surface area contributed by atoms with E-state index in [1.54, 1.807) is 21.1 Å². The van der Waals surface area contributed by atoms with Gasteiger partial charge < -0.3 is 0 Å². The molecule has 2 heterocycles. The lowest BCUT2D eigenvalue weighted by Crippen LogP contribution is -2.55. The molecule has 4 atom stereocenters. The van der Waals surface area contributed by atoms with Gasteiger partial charge in [-0.15, -0.1) is 0 Å². The zero-order chi connectivity index (χ0) is 22.8. The van der Waals surface area contributed by atoms with E-state index >= 15 is 0 Å². The minimum Gasteiger partial charge on any atom is -0.299 e. The topological polar surface area (TPSA) is 23.6 Å². The van der Waals surface area contributed by atoms with E-state index in [4.69, 9.17) is 11.6 Å². The summed E-state index contributed by atoms with van der Waals surface area (Å²) in [5, 5.41) is 0.750. The normalized spacial score (nSPS) is 26.2. The number of ketones is 1. The van der Waals surface area contributed by atoms with Gasteiger partial charge in [0.1, 0.15) is 5.78 Å². The number of rotatable bonds is 5. The van der Waals surface area contributed by atoms with E-state index in [2.05, 4.69) is 90.5 Å². The van der Waals surface area contributed by atoms with Crippen molar-refractivity contribution in [1.29, 1.82) is 0 Å². The van der Waals surface area contributed by atoms with Crippen LogP contribution < -0.4 is 0 Å². The number of piperidine rings is 2. The Bertz CT molecular complexity index is 1100. The highest BCUT2D eigenvalue weighted by Gasteiger charge is 2.49. The molecule has 3 aromatic rings. The lowest BCUT2D eigenvalue weighted by Gasteiger charge is -2.51. The summed E-state index contributed by atoms with van der Waals surface area (Å²) in [5.74, 6) is 0.356. The van der Waals surface area contributed by atoms with Gasteiger partial charge >= 0.3 is 0 Å². The molecule has 0 radical (unpaired) electrons. The molecule has 5 rings (SSSR count). The second-order valence-corrected chi connectivity index (χ2v) is 11.7. The Morgan fingerprint density at radius 3 is 2.09 bits per heavy atom. The maximum Gasteiger partial charge on any atom is 0.140 e. The zero-order valence-electron chi connectivity index (χ0n) is 17.9. The highest BCUT2D eigenvalue weighted by molar-refractivity contribution is 14.2. The Balaban J connectivity index is 1.49. The Morgan fingerprint density at radius 1 is 0.848 bits per heavy atom. The highest BCUT2D eigenvalue weighted by Crippen LogP contribution is 2.50. The van der Waals surface area contributed by atoms with E-state index in [1.807, 2.05) is 24.3 Å². The van der Waals surface area contributed by atoms with Crippen LogP contribution in [0.25, 0.3) is 0 Å². The zero-order valence-corrected chi connectivity index (χ0v) is 22.4. The van der Waals surface area contributed by atoms with Gasteiger partial charge in [-0.3, -0.25) is 4.79 Å². The van der Waals surface area contributed by atoms with Gasteiger partial charge in [-0.2, -0.15) is 0 Å². The van der Waals surface area contributed by atoms with E-state index in [-0.39, 0.29) is 24.0 Å². The lowest BCUT2D eigenvalue weighted by atomic mass is 9.77. The quantitative estimate of drug-likeness (QED) is 0.218. The first-order valence-corrected chi connectivity index (χ1v) is 15.5. The molecule has 3 nitrogen and oxygen atoms in total. The minimum atomic E-state index is -0.0119. The average Bonchev–Trinajstić information content (AvgIpc) is 2.86. The van der Waals surface area contributed by atoms with Crippen molar-refractivity contribution in [3.63, 3.8) is 0 Å². The van der Waals surface area contributed by atoms with Gasteiger partial charge in [0.05, 0.1) is 11.1 Å². The third-order valence-electron chi connectivity index (χ3n) is 6.60. The summed E-state index contributed by atoms with van der Waals surface area (Å²) in [5.41, 5.74) is 2.50. The number of hydrogen-bond acceptors (Lipinski definition) is 5. The molecular weight excluding hydrogens is 583 g/mol.